The summed E-state index contributed by atoms with van der Waals surface area (Å²) in [6.07, 6.45) is 7.50. The zero-order valence-electron chi connectivity index (χ0n) is 9.97. The molecule has 0 bridgehead atoms. The summed E-state index contributed by atoms with van der Waals surface area (Å²) < 4.78 is 0. The van der Waals surface area contributed by atoms with Crippen LogP contribution >= 0.6 is 0 Å². The van der Waals surface area contributed by atoms with E-state index < -0.39 is 8.56 Å². The summed E-state index contributed by atoms with van der Waals surface area (Å²) in [4.78, 5) is 10.5. The van der Waals surface area contributed by atoms with E-state index in [4.69, 9.17) is 0 Å². The molecule has 0 aliphatic rings. The lowest BCUT2D eigenvalue weighted by atomic mass is 10.7. The number of rotatable bonds is 11. The van der Waals surface area contributed by atoms with Crippen LogP contribution in [0.15, 0.2) is 50.6 Å². The zero-order valence-corrected chi connectivity index (χ0v) is 11.0. The highest BCUT2D eigenvalue weighted by Crippen LogP contribution is 1.99. The lowest BCUT2D eigenvalue weighted by Gasteiger charge is -2.32. The molecule has 0 atom stereocenters. The summed E-state index contributed by atoms with van der Waals surface area (Å²) in [5, 5.41) is 0. The standard InChI is InChI=1S/C12H23N3Si/c1-5-9-13-16(12-8-4,14-10-6-2)15-11-7-3/h5-8,13-15H,1-4,9-12H2. The highest BCUT2D eigenvalue weighted by atomic mass is 28.4. The molecule has 3 nitrogen and oxygen atoms in total. The largest absolute Gasteiger partial charge is 0.310 e. The molecule has 0 saturated carbocycles. The molecule has 0 spiro atoms. The van der Waals surface area contributed by atoms with Crippen LogP contribution in [0.1, 0.15) is 0 Å². The molecule has 0 aliphatic carbocycles. The van der Waals surface area contributed by atoms with Crippen molar-refractivity contribution < 1.29 is 0 Å². The number of allylic oxidation sites excluding steroid dienone is 1. The molecule has 16 heavy (non-hydrogen) atoms. The van der Waals surface area contributed by atoms with Crippen LogP contribution in [0, 0.1) is 0 Å². The molecule has 0 radical (unpaired) electrons. The third-order valence-corrected chi connectivity index (χ3v) is 5.42. The Labute approximate surface area is 100 Å². The summed E-state index contributed by atoms with van der Waals surface area (Å²) in [7, 11) is -1.94. The minimum atomic E-state index is -1.94. The van der Waals surface area contributed by atoms with Gasteiger partial charge in [-0.25, -0.2) is 0 Å². The Morgan fingerprint density at radius 2 is 1.06 bits per heavy atom. The highest BCUT2D eigenvalue weighted by Gasteiger charge is 2.30. The molecule has 90 valence electrons. The molecule has 0 unspecified atom stereocenters. The molecule has 0 heterocycles. The van der Waals surface area contributed by atoms with Crippen molar-refractivity contribution in [2.45, 2.75) is 6.04 Å². The predicted molar refractivity (Wildman–Crippen MR) is 75.4 cm³/mol. The van der Waals surface area contributed by atoms with Crippen LogP contribution in [0.3, 0.4) is 0 Å². The van der Waals surface area contributed by atoms with E-state index in [-0.39, 0.29) is 0 Å². The molecular formula is C12H23N3Si. The second-order valence-corrected chi connectivity index (χ2v) is 6.69. The molecule has 0 aromatic carbocycles. The molecule has 3 N–H and O–H groups in total. The van der Waals surface area contributed by atoms with Crippen molar-refractivity contribution in [2.75, 3.05) is 19.6 Å². The summed E-state index contributed by atoms with van der Waals surface area (Å²) in [5.41, 5.74) is 0. The summed E-state index contributed by atoms with van der Waals surface area (Å²) in [6.45, 7) is 17.3. The van der Waals surface area contributed by atoms with Gasteiger partial charge in [0.05, 0.1) is 0 Å². The van der Waals surface area contributed by atoms with Crippen LogP contribution < -0.4 is 14.9 Å². The average Bonchev–Trinajstić information content (AvgIpc) is 2.31. The van der Waals surface area contributed by atoms with Gasteiger partial charge < -0.3 is 14.9 Å². The van der Waals surface area contributed by atoms with Crippen molar-refractivity contribution in [3.8, 4) is 0 Å². The Kier molecular flexibility index (Phi) is 8.75. The lowest BCUT2D eigenvalue weighted by molar-refractivity contribution is 0.819. The van der Waals surface area contributed by atoms with Crippen molar-refractivity contribution in [1.82, 2.24) is 14.9 Å². The Balaban J connectivity index is 4.54. The molecule has 0 aromatic rings. The van der Waals surface area contributed by atoms with E-state index in [0.717, 1.165) is 25.7 Å². The molecule has 0 aromatic heterocycles. The van der Waals surface area contributed by atoms with Crippen molar-refractivity contribution in [3.63, 3.8) is 0 Å². The van der Waals surface area contributed by atoms with Gasteiger partial charge in [-0.3, -0.25) is 0 Å². The highest BCUT2D eigenvalue weighted by molar-refractivity contribution is 6.73. The van der Waals surface area contributed by atoms with Gasteiger partial charge in [-0.1, -0.05) is 24.3 Å². The second kappa shape index (κ2) is 9.29. The molecule has 0 aliphatic heterocycles. The van der Waals surface area contributed by atoms with Crippen LogP contribution in [-0.2, 0) is 0 Å². The molecule has 4 heteroatoms. The van der Waals surface area contributed by atoms with E-state index >= 15 is 0 Å². The van der Waals surface area contributed by atoms with Gasteiger partial charge in [0.25, 0.3) is 8.56 Å². The number of nitrogens with one attached hydrogen (secondary N) is 3. The SMILES string of the molecule is C=CCN[Si](CC=C)(NCC=C)NCC=C. The van der Waals surface area contributed by atoms with E-state index in [0.29, 0.717) is 0 Å². The van der Waals surface area contributed by atoms with Crippen LogP contribution in [0.25, 0.3) is 0 Å². The Morgan fingerprint density at radius 3 is 1.31 bits per heavy atom. The maximum absolute atomic E-state index is 3.81. The minimum Gasteiger partial charge on any atom is -0.310 e. The first kappa shape index (κ1) is 15.1. The van der Waals surface area contributed by atoms with Crippen molar-refractivity contribution >= 4 is 8.56 Å². The van der Waals surface area contributed by atoms with Gasteiger partial charge in [-0.15, -0.1) is 26.3 Å². The quantitative estimate of drug-likeness (QED) is 0.376. The van der Waals surface area contributed by atoms with E-state index in [1.54, 1.807) is 0 Å². The molecule has 0 fully saturated rings. The number of hydrogen-bond acceptors (Lipinski definition) is 3. The van der Waals surface area contributed by atoms with Crippen molar-refractivity contribution in [3.05, 3.63) is 50.6 Å². The fraction of sp³-hybridized carbons (Fsp3) is 0.333. The first-order chi connectivity index (χ1) is 7.74. The maximum Gasteiger partial charge on any atom is 0.285 e. The van der Waals surface area contributed by atoms with Crippen LogP contribution in [0.4, 0.5) is 0 Å². The molecule has 0 rings (SSSR count). The van der Waals surface area contributed by atoms with Gasteiger partial charge in [0.15, 0.2) is 0 Å². The van der Waals surface area contributed by atoms with Crippen molar-refractivity contribution in [1.29, 1.82) is 0 Å². The second-order valence-electron chi connectivity index (χ2n) is 3.41. The minimum absolute atomic E-state index is 0.772. The van der Waals surface area contributed by atoms with E-state index in [2.05, 4.69) is 41.3 Å². The van der Waals surface area contributed by atoms with Gasteiger partial charge in [0.1, 0.15) is 0 Å². The summed E-state index contributed by atoms with van der Waals surface area (Å²) in [6, 6.07) is 0.891. The third-order valence-electron chi connectivity index (χ3n) is 2.10. The van der Waals surface area contributed by atoms with Crippen LogP contribution in [-0.4, -0.2) is 28.2 Å². The van der Waals surface area contributed by atoms with E-state index in [1.807, 2.05) is 24.3 Å². The molecule has 0 saturated heterocycles. The molecule has 0 amide bonds. The summed E-state index contributed by atoms with van der Waals surface area (Å²) >= 11 is 0. The monoisotopic (exact) mass is 237 g/mol. The third kappa shape index (κ3) is 5.82. The average molecular weight is 237 g/mol. The first-order valence-electron chi connectivity index (χ1n) is 5.43. The Hall–Kier alpha value is -0.943. The topological polar surface area (TPSA) is 36.1 Å². The summed E-state index contributed by atoms with van der Waals surface area (Å²) in [5.74, 6) is 0. The van der Waals surface area contributed by atoms with Crippen LogP contribution in [0.2, 0.25) is 6.04 Å². The normalized spacial score (nSPS) is 10.8. The van der Waals surface area contributed by atoms with Gasteiger partial charge >= 0.3 is 0 Å². The first-order valence-corrected chi connectivity index (χ1v) is 7.64. The predicted octanol–water partition coefficient (Wildman–Crippen LogP) is 1.44. The fourth-order valence-corrected chi connectivity index (χ4v) is 4.08. The smallest absolute Gasteiger partial charge is 0.285 e. The Bertz CT molecular complexity index is 207. The maximum atomic E-state index is 3.81. The van der Waals surface area contributed by atoms with Gasteiger partial charge in [-0.05, 0) is 0 Å². The van der Waals surface area contributed by atoms with E-state index in [9.17, 15) is 0 Å². The van der Waals surface area contributed by atoms with E-state index in [1.165, 1.54) is 0 Å². The van der Waals surface area contributed by atoms with Crippen molar-refractivity contribution in [2.24, 2.45) is 0 Å². The Morgan fingerprint density at radius 1 is 0.688 bits per heavy atom. The zero-order chi connectivity index (χ0) is 12.3. The number of hydrogen-bond donors (Lipinski definition) is 3. The molecular weight excluding hydrogens is 214 g/mol. The van der Waals surface area contributed by atoms with Gasteiger partial charge in [-0.2, -0.15) is 0 Å². The fourth-order valence-electron chi connectivity index (χ4n) is 1.36. The lowest BCUT2D eigenvalue weighted by Crippen LogP contribution is -2.72. The van der Waals surface area contributed by atoms with Crippen LogP contribution in [0.5, 0.6) is 0 Å². The van der Waals surface area contributed by atoms with Gasteiger partial charge in [0.2, 0.25) is 0 Å². The van der Waals surface area contributed by atoms with Gasteiger partial charge in [0, 0.05) is 25.7 Å².